The third-order valence-electron chi connectivity index (χ3n) is 3.39. The topological polar surface area (TPSA) is 37.4 Å². The Balaban J connectivity index is 3.05. The highest BCUT2D eigenvalue weighted by molar-refractivity contribution is 5.44. The first-order chi connectivity index (χ1) is 9.65. The van der Waals surface area contributed by atoms with Crippen LogP contribution in [0.5, 0.6) is 0 Å². The molecule has 0 spiro atoms. The van der Waals surface area contributed by atoms with Gasteiger partial charge in [-0.15, -0.1) is 0 Å². The van der Waals surface area contributed by atoms with Crippen molar-refractivity contribution in [3.63, 3.8) is 0 Å². The van der Waals surface area contributed by atoms with Crippen molar-refractivity contribution in [2.24, 2.45) is 0 Å². The van der Waals surface area contributed by atoms with Gasteiger partial charge in [0.15, 0.2) is 0 Å². The molecule has 0 saturated carbocycles. The van der Waals surface area contributed by atoms with Gasteiger partial charge in [-0.05, 0) is 45.0 Å². The van der Waals surface area contributed by atoms with Crippen LogP contribution in [0.3, 0.4) is 0 Å². The molecule has 0 aliphatic heterocycles. The van der Waals surface area contributed by atoms with Crippen LogP contribution in [0.4, 0.5) is 5.82 Å². The Labute approximate surface area is 123 Å². The Morgan fingerprint density at radius 2 is 2.10 bits per heavy atom. The Morgan fingerprint density at radius 3 is 2.65 bits per heavy atom. The molecule has 20 heavy (non-hydrogen) atoms. The quantitative estimate of drug-likeness (QED) is 0.754. The van der Waals surface area contributed by atoms with E-state index >= 15 is 0 Å². The fraction of sp³-hybridized carbons (Fsp3) is 0.688. The zero-order chi connectivity index (χ0) is 15.0. The number of methoxy groups -OCH3 is 1. The molecule has 1 aromatic heterocycles. The minimum absolute atomic E-state index is 0.330. The maximum Gasteiger partial charge on any atom is 0.129 e. The van der Waals surface area contributed by atoms with Crippen molar-refractivity contribution in [1.82, 2.24) is 10.3 Å². The zero-order valence-corrected chi connectivity index (χ0v) is 13.6. The van der Waals surface area contributed by atoms with Crippen LogP contribution >= 0.6 is 0 Å². The summed E-state index contributed by atoms with van der Waals surface area (Å²) < 4.78 is 5.28. The van der Waals surface area contributed by atoms with Crippen molar-refractivity contribution in [2.75, 3.05) is 32.2 Å². The lowest BCUT2D eigenvalue weighted by Crippen LogP contribution is -2.37. The molecule has 0 radical (unpaired) electrons. The highest BCUT2D eigenvalue weighted by Gasteiger charge is 2.15. The van der Waals surface area contributed by atoms with Gasteiger partial charge in [0.1, 0.15) is 5.82 Å². The van der Waals surface area contributed by atoms with Gasteiger partial charge in [-0.3, -0.25) is 0 Å². The minimum Gasteiger partial charge on any atom is -0.383 e. The van der Waals surface area contributed by atoms with Gasteiger partial charge in [-0.25, -0.2) is 4.98 Å². The van der Waals surface area contributed by atoms with E-state index in [0.717, 1.165) is 38.4 Å². The summed E-state index contributed by atoms with van der Waals surface area (Å²) in [5.41, 5.74) is 2.47. The maximum atomic E-state index is 5.28. The number of hydrogen-bond acceptors (Lipinski definition) is 4. The second-order valence-electron chi connectivity index (χ2n) is 5.20. The Morgan fingerprint density at radius 1 is 1.35 bits per heavy atom. The summed E-state index contributed by atoms with van der Waals surface area (Å²) in [6, 6.07) is 4.72. The predicted molar refractivity (Wildman–Crippen MR) is 85.4 cm³/mol. The molecule has 114 valence electrons. The van der Waals surface area contributed by atoms with Crippen molar-refractivity contribution < 1.29 is 4.74 Å². The van der Waals surface area contributed by atoms with Crippen molar-refractivity contribution in [3.05, 3.63) is 23.4 Å². The number of pyridine rings is 1. The number of aromatic nitrogens is 1. The normalized spacial score (nSPS) is 12.4. The first-order valence-electron chi connectivity index (χ1n) is 7.56. The zero-order valence-electron chi connectivity index (χ0n) is 13.6. The monoisotopic (exact) mass is 279 g/mol. The summed E-state index contributed by atoms with van der Waals surface area (Å²) in [5.74, 6) is 1.06. The van der Waals surface area contributed by atoms with Gasteiger partial charge in [0.05, 0.1) is 12.6 Å². The van der Waals surface area contributed by atoms with Gasteiger partial charge in [-0.1, -0.05) is 13.3 Å². The molecule has 0 bridgehead atoms. The number of nitrogens with one attached hydrogen (secondary N) is 1. The van der Waals surface area contributed by atoms with Crippen LogP contribution < -0.4 is 10.2 Å². The average molecular weight is 279 g/mol. The fourth-order valence-electron chi connectivity index (χ4n) is 2.50. The van der Waals surface area contributed by atoms with Crippen LogP contribution in [-0.4, -0.2) is 38.3 Å². The molecular weight excluding hydrogens is 250 g/mol. The number of rotatable bonds is 9. The Bertz CT molecular complexity index is 371. The molecule has 1 rings (SSSR count). The molecule has 0 aromatic carbocycles. The van der Waals surface area contributed by atoms with Gasteiger partial charge in [0, 0.05) is 25.9 Å². The molecule has 1 atom stereocenters. The van der Waals surface area contributed by atoms with Crippen LogP contribution in [-0.2, 0) is 17.7 Å². The van der Waals surface area contributed by atoms with E-state index in [0.29, 0.717) is 6.04 Å². The van der Waals surface area contributed by atoms with Gasteiger partial charge >= 0.3 is 0 Å². The van der Waals surface area contributed by atoms with Crippen LogP contribution in [0, 0.1) is 0 Å². The lowest BCUT2D eigenvalue weighted by molar-refractivity contribution is 0.181. The van der Waals surface area contributed by atoms with E-state index in [-0.39, 0.29) is 0 Å². The molecule has 4 nitrogen and oxygen atoms in total. The van der Waals surface area contributed by atoms with Crippen molar-refractivity contribution >= 4 is 5.82 Å². The molecule has 1 unspecified atom stereocenters. The third kappa shape index (κ3) is 4.76. The highest BCUT2D eigenvalue weighted by Crippen LogP contribution is 2.18. The standard InChI is InChI=1S/C16H29N3O/c1-6-8-15-9-14(11-17-4)10-16(18-15)19(7-2)13(3)12-20-5/h9-10,13,17H,6-8,11-12H2,1-5H3. The second-order valence-corrected chi connectivity index (χ2v) is 5.20. The van der Waals surface area contributed by atoms with E-state index in [1.165, 1.54) is 11.3 Å². The van der Waals surface area contributed by atoms with Gasteiger partial charge in [0.25, 0.3) is 0 Å². The predicted octanol–water partition coefficient (Wildman–Crippen LogP) is 2.61. The highest BCUT2D eigenvalue weighted by atomic mass is 16.5. The van der Waals surface area contributed by atoms with Crippen LogP contribution in [0.15, 0.2) is 12.1 Å². The lowest BCUT2D eigenvalue weighted by Gasteiger charge is -2.29. The molecule has 0 amide bonds. The molecule has 4 heteroatoms. The SMILES string of the molecule is CCCc1cc(CNC)cc(N(CC)C(C)COC)n1. The van der Waals surface area contributed by atoms with Crippen molar-refractivity contribution in [1.29, 1.82) is 0 Å². The smallest absolute Gasteiger partial charge is 0.129 e. The van der Waals surface area contributed by atoms with Gasteiger partial charge in [-0.2, -0.15) is 0 Å². The largest absolute Gasteiger partial charge is 0.383 e. The molecule has 1 N–H and O–H groups in total. The maximum absolute atomic E-state index is 5.28. The van der Waals surface area contributed by atoms with Crippen LogP contribution in [0.2, 0.25) is 0 Å². The summed E-state index contributed by atoms with van der Waals surface area (Å²) in [4.78, 5) is 7.13. The molecule has 0 aliphatic carbocycles. The fourth-order valence-corrected chi connectivity index (χ4v) is 2.50. The number of anilines is 1. The Hall–Kier alpha value is -1.13. The van der Waals surface area contributed by atoms with E-state index in [4.69, 9.17) is 9.72 Å². The number of nitrogens with zero attached hydrogens (tertiary/aromatic N) is 2. The first-order valence-corrected chi connectivity index (χ1v) is 7.56. The van der Waals surface area contributed by atoms with E-state index in [9.17, 15) is 0 Å². The van der Waals surface area contributed by atoms with Crippen molar-refractivity contribution in [2.45, 2.75) is 46.2 Å². The number of aryl methyl sites for hydroxylation is 1. The van der Waals surface area contributed by atoms with Gasteiger partial charge in [0.2, 0.25) is 0 Å². The Kier molecular flexibility index (Phi) is 7.55. The number of likely N-dealkylation sites (N-methyl/N-ethyl adjacent to an activating group) is 1. The van der Waals surface area contributed by atoms with Crippen molar-refractivity contribution in [3.8, 4) is 0 Å². The van der Waals surface area contributed by atoms with E-state index in [1.54, 1.807) is 7.11 Å². The van der Waals surface area contributed by atoms with Crippen LogP contribution in [0.1, 0.15) is 38.4 Å². The molecule has 1 heterocycles. The number of hydrogen-bond donors (Lipinski definition) is 1. The summed E-state index contributed by atoms with van der Waals surface area (Å²) in [5, 5.41) is 3.22. The summed E-state index contributed by atoms with van der Waals surface area (Å²) >= 11 is 0. The summed E-state index contributed by atoms with van der Waals surface area (Å²) in [6.45, 7) is 9.07. The van der Waals surface area contributed by atoms with E-state index in [2.05, 4.69) is 43.1 Å². The molecule has 0 saturated heterocycles. The molecular formula is C16H29N3O. The third-order valence-corrected chi connectivity index (χ3v) is 3.39. The average Bonchev–Trinajstić information content (AvgIpc) is 2.40. The number of ether oxygens (including phenoxy) is 1. The van der Waals surface area contributed by atoms with Crippen LogP contribution in [0.25, 0.3) is 0 Å². The molecule has 0 aliphatic rings. The van der Waals surface area contributed by atoms with E-state index in [1.807, 2.05) is 7.05 Å². The summed E-state index contributed by atoms with van der Waals surface area (Å²) in [6.07, 6.45) is 2.15. The molecule has 0 fully saturated rings. The molecule has 1 aromatic rings. The second kappa shape index (κ2) is 8.93. The summed E-state index contributed by atoms with van der Waals surface area (Å²) in [7, 11) is 3.72. The minimum atomic E-state index is 0.330. The lowest BCUT2D eigenvalue weighted by atomic mass is 10.1. The van der Waals surface area contributed by atoms with E-state index < -0.39 is 0 Å². The van der Waals surface area contributed by atoms with Gasteiger partial charge < -0.3 is 15.0 Å². The first kappa shape index (κ1) is 16.9.